The first-order chi connectivity index (χ1) is 12.6. The van der Waals surface area contributed by atoms with Crippen molar-refractivity contribution >= 4 is 38.3 Å². The fourth-order valence-corrected chi connectivity index (χ4v) is 4.42. The summed E-state index contributed by atoms with van der Waals surface area (Å²) in [6.45, 7) is 4.49. The van der Waals surface area contributed by atoms with Crippen LogP contribution in [0.2, 0.25) is 0 Å². The third-order valence-electron chi connectivity index (χ3n) is 4.81. The number of hydrogen-bond donors (Lipinski definition) is 2. The van der Waals surface area contributed by atoms with Crippen LogP contribution in [0.4, 0.5) is 10.8 Å². The molecule has 3 N–H and O–H groups in total. The lowest BCUT2D eigenvalue weighted by molar-refractivity contribution is -0.121. The van der Waals surface area contributed by atoms with Crippen LogP contribution in [-0.4, -0.2) is 28.9 Å². The Labute approximate surface area is 156 Å². The first-order valence-corrected chi connectivity index (χ1v) is 9.62. The number of carbonyl (C=O) groups excluding carboxylic acids is 1. The van der Waals surface area contributed by atoms with E-state index in [0.29, 0.717) is 5.13 Å². The number of piperidine rings is 1. The molecule has 1 atom stereocenters. The van der Waals surface area contributed by atoms with E-state index < -0.39 is 0 Å². The second kappa shape index (κ2) is 7.09. The summed E-state index contributed by atoms with van der Waals surface area (Å²) in [7, 11) is 0. The summed E-state index contributed by atoms with van der Waals surface area (Å²) in [4.78, 5) is 19.4. The number of nitrogens with two attached hydrogens (primary N) is 1. The van der Waals surface area contributed by atoms with Crippen molar-refractivity contribution in [2.45, 2.75) is 26.3 Å². The molecule has 136 valence electrons. The van der Waals surface area contributed by atoms with E-state index in [1.807, 2.05) is 31.2 Å². The molecule has 0 aliphatic carbocycles. The molecular weight excluding hydrogens is 348 g/mol. The zero-order chi connectivity index (χ0) is 18.1. The standard InChI is InChI=1S/C19H22N4O2S/c1-12-8-14(9-16-17(12)22-19(20)26-16)21-18(24)13-4-2-6-23(10-13)11-15-5-3-7-25-15/h3,5,7-9,13H,2,4,6,10-11H2,1H3,(H2,20,22)(H,21,24). The Morgan fingerprint density at radius 2 is 2.38 bits per heavy atom. The minimum atomic E-state index is -0.0127. The molecule has 0 saturated carbocycles. The number of benzene rings is 1. The Morgan fingerprint density at radius 1 is 1.50 bits per heavy atom. The molecule has 1 aliphatic heterocycles. The number of nitrogen functional groups attached to an aromatic ring is 1. The van der Waals surface area contributed by atoms with Crippen LogP contribution in [0.5, 0.6) is 0 Å². The summed E-state index contributed by atoms with van der Waals surface area (Å²) in [6.07, 6.45) is 3.62. The number of nitrogens with zero attached hydrogens (tertiary/aromatic N) is 2. The van der Waals surface area contributed by atoms with Gasteiger partial charge < -0.3 is 15.5 Å². The maximum absolute atomic E-state index is 12.8. The number of fused-ring (bicyclic) bond motifs is 1. The van der Waals surface area contributed by atoms with Crippen LogP contribution in [0.3, 0.4) is 0 Å². The van der Waals surface area contributed by atoms with Crippen LogP contribution in [0.1, 0.15) is 24.2 Å². The minimum Gasteiger partial charge on any atom is -0.468 e. The first kappa shape index (κ1) is 17.1. The average molecular weight is 370 g/mol. The number of carbonyl (C=O) groups is 1. The van der Waals surface area contributed by atoms with Crippen LogP contribution in [0, 0.1) is 12.8 Å². The Kier molecular flexibility index (Phi) is 4.65. The van der Waals surface area contributed by atoms with Crippen molar-refractivity contribution in [2.24, 2.45) is 5.92 Å². The third-order valence-corrected chi connectivity index (χ3v) is 5.64. The maximum Gasteiger partial charge on any atom is 0.228 e. The van der Waals surface area contributed by atoms with Gasteiger partial charge in [0, 0.05) is 12.2 Å². The molecule has 1 fully saturated rings. The van der Waals surface area contributed by atoms with Gasteiger partial charge in [-0.25, -0.2) is 4.98 Å². The summed E-state index contributed by atoms with van der Waals surface area (Å²) >= 11 is 1.44. The fourth-order valence-electron chi connectivity index (χ4n) is 3.57. The van der Waals surface area contributed by atoms with Crippen molar-refractivity contribution in [2.75, 3.05) is 24.1 Å². The summed E-state index contributed by atoms with van der Waals surface area (Å²) in [5, 5.41) is 3.63. The number of furan rings is 1. The van der Waals surface area contributed by atoms with Crippen LogP contribution < -0.4 is 11.1 Å². The van der Waals surface area contributed by atoms with Crippen molar-refractivity contribution in [3.05, 3.63) is 41.9 Å². The zero-order valence-electron chi connectivity index (χ0n) is 14.7. The van der Waals surface area contributed by atoms with E-state index in [9.17, 15) is 4.79 Å². The lowest BCUT2D eigenvalue weighted by Gasteiger charge is -2.31. The van der Waals surface area contributed by atoms with Gasteiger partial charge in [0.15, 0.2) is 5.13 Å². The number of nitrogens with one attached hydrogen (secondary N) is 1. The highest BCUT2D eigenvalue weighted by molar-refractivity contribution is 7.22. The van der Waals surface area contributed by atoms with Crippen molar-refractivity contribution in [3.63, 3.8) is 0 Å². The van der Waals surface area contributed by atoms with Gasteiger partial charge in [-0.05, 0) is 56.1 Å². The average Bonchev–Trinajstić information content (AvgIpc) is 3.24. The first-order valence-electron chi connectivity index (χ1n) is 8.81. The molecule has 1 unspecified atom stereocenters. The fraction of sp³-hybridized carbons (Fsp3) is 0.368. The molecule has 1 amide bonds. The smallest absolute Gasteiger partial charge is 0.228 e. The van der Waals surface area contributed by atoms with Gasteiger partial charge >= 0.3 is 0 Å². The Balaban J connectivity index is 1.44. The van der Waals surface area contributed by atoms with Crippen LogP contribution >= 0.6 is 11.3 Å². The third kappa shape index (κ3) is 3.59. The number of amides is 1. The lowest BCUT2D eigenvalue weighted by atomic mass is 9.97. The molecule has 26 heavy (non-hydrogen) atoms. The number of thiazole rings is 1. The van der Waals surface area contributed by atoms with Crippen molar-refractivity contribution < 1.29 is 9.21 Å². The molecule has 0 bridgehead atoms. The van der Waals surface area contributed by atoms with E-state index in [-0.39, 0.29) is 11.8 Å². The Bertz CT molecular complexity index is 919. The van der Waals surface area contributed by atoms with Crippen LogP contribution in [0.15, 0.2) is 34.9 Å². The van der Waals surface area contributed by atoms with Crippen molar-refractivity contribution in [1.82, 2.24) is 9.88 Å². The van der Waals surface area contributed by atoms with Gasteiger partial charge in [-0.3, -0.25) is 9.69 Å². The zero-order valence-corrected chi connectivity index (χ0v) is 15.5. The van der Waals surface area contributed by atoms with E-state index in [2.05, 4.69) is 15.2 Å². The van der Waals surface area contributed by atoms with Gasteiger partial charge in [0.25, 0.3) is 0 Å². The molecule has 2 aromatic heterocycles. The number of anilines is 2. The normalized spacial score (nSPS) is 18.3. The highest BCUT2D eigenvalue weighted by Gasteiger charge is 2.26. The Hall–Kier alpha value is -2.38. The number of hydrogen-bond acceptors (Lipinski definition) is 6. The van der Waals surface area contributed by atoms with Gasteiger partial charge in [0.05, 0.1) is 28.9 Å². The molecule has 4 rings (SSSR count). The number of aromatic nitrogens is 1. The van der Waals surface area contributed by atoms with E-state index in [4.69, 9.17) is 10.2 Å². The van der Waals surface area contributed by atoms with Gasteiger partial charge in [-0.15, -0.1) is 0 Å². The summed E-state index contributed by atoms with van der Waals surface area (Å²) in [6, 6.07) is 7.79. The lowest BCUT2D eigenvalue weighted by Crippen LogP contribution is -2.40. The molecular formula is C19H22N4O2S. The molecule has 0 radical (unpaired) electrons. The van der Waals surface area contributed by atoms with Gasteiger partial charge in [0.1, 0.15) is 5.76 Å². The van der Waals surface area contributed by atoms with Crippen LogP contribution in [0.25, 0.3) is 10.2 Å². The Morgan fingerprint density at radius 3 is 3.19 bits per heavy atom. The summed E-state index contributed by atoms with van der Waals surface area (Å²) < 4.78 is 6.43. The van der Waals surface area contributed by atoms with E-state index in [1.54, 1.807) is 6.26 Å². The molecule has 1 aromatic carbocycles. The SMILES string of the molecule is Cc1cc(NC(=O)C2CCCN(Cc3ccco3)C2)cc2sc(N)nc12. The summed E-state index contributed by atoms with van der Waals surface area (Å²) in [5.74, 6) is 1.00. The maximum atomic E-state index is 12.8. The second-order valence-corrected chi connectivity index (χ2v) is 7.90. The van der Waals surface area contributed by atoms with Gasteiger partial charge in [-0.2, -0.15) is 0 Å². The number of rotatable bonds is 4. The van der Waals surface area contributed by atoms with E-state index in [0.717, 1.165) is 59.7 Å². The molecule has 1 saturated heterocycles. The van der Waals surface area contributed by atoms with Crippen molar-refractivity contribution in [1.29, 1.82) is 0 Å². The van der Waals surface area contributed by atoms with E-state index >= 15 is 0 Å². The highest BCUT2D eigenvalue weighted by Crippen LogP contribution is 2.30. The number of likely N-dealkylation sites (tertiary alicyclic amines) is 1. The predicted octanol–water partition coefficient (Wildman–Crippen LogP) is 3.63. The quantitative estimate of drug-likeness (QED) is 0.733. The molecule has 7 heteroatoms. The highest BCUT2D eigenvalue weighted by atomic mass is 32.1. The molecule has 3 aromatic rings. The van der Waals surface area contributed by atoms with Crippen LogP contribution in [-0.2, 0) is 11.3 Å². The minimum absolute atomic E-state index is 0.0127. The monoisotopic (exact) mass is 370 g/mol. The van der Waals surface area contributed by atoms with Crippen molar-refractivity contribution in [3.8, 4) is 0 Å². The number of aryl methyl sites for hydroxylation is 1. The van der Waals surface area contributed by atoms with E-state index in [1.165, 1.54) is 11.3 Å². The predicted molar refractivity (Wildman–Crippen MR) is 104 cm³/mol. The molecule has 3 heterocycles. The molecule has 1 aliphatic rings. The molecule has 0 spiro atoms. The largest absolute Gasteiger partial charge is 0.468 e. The summed E-state index contributed by atoms with van der Waals surface area (Å²) in [5.41, 5.74) is 8.55. The topological polar surface area (TPSA) is 84.4 Å². The molecule has 6 nitrogen and oxygen atoms in total. The van der Waals surface area contributed by atoms with Gasteiger partial charge in [-0.1, -0.05) is 11.3 Å². The van der Waals surface area contributed by atoms with Gasteiger partial charge in [0.2, 0.25) is 5.91 Å². The second-order valence-electron chi connectivity index (χ2n) is 6.83.